The van der Waals surface area contributed by atoms with Crippen LogP contribution in [-0.4, -0.2) is 11.6 Å². The van der Waals surface area contributed by atoms with Gasteiger partial charge in [0.25, 0.3) is 0 Å². The third kappa shape index (κ3) is 1.57. The zero-order chi connectivity index (χ0) is 15.1. The molecule has 20 heavy (non-hydrogen) atoms. The van der Waals surface area contributed by atoms with Crippen molar-refractivity contribution in [3.63, 3.8) is 0 Å². The molecule has 0 aromatic carbocycles. The molecule has 0 radical (unpaired) electrons. The van der Waals surface area contributed by atoms with Crippen LogP contribution in [-0.2, 0) is 9.59 Å². The lowest BCUT2D eigenvalue weighted by molar-refractivity contribution is -0.240. The van der Waals surface area contributed by atoms with Gasteiger partial charge in [0.1, 0.15) is 11.6 Å². The van der Waals surface area contributed by atoms with Crippen molar-refractivity contribution < 1.29 is 9.59 Å². The highest BCUT2D eigenvalue weighted by Gasteiger charge is 2.74. The average Bonchev–Trinajstić information content (AvgIpc) is 2.17. The first-order chi connectivity index (χ1) is 8.92. The van der Waals surface area contributed by atoms with E-state index in [4.69, 9.17) is 0 Å². The largest absolute Gasteiger partial charge is 0.299 e. The molecule has 0 aromatic rings. The lowest BCUT2D eigenvalue weighted by Crippen LogP contribution is -2.73. The fraction of sp³-hybridized carbons (Fsp3) is 0.889. The molecule has 0 bridgehead atoms. The molecule has 3 saturated carbocycles. The Kier molecular flexibility index (Phi) is 2.54. The maximum absolute atomic E-state index is 12.6. The molecule has 2 heteroatoms. The summed E-state index contributed by atoms with van der Waals surface area (Å²) < 4.78 is 0. The Bertz CT molecular complexity index is 456. The van der Waals surface area contributed by atoms with Gasteiger partial charge in [0, 0.05) is 24.7 Å². The van der Waals surface area contributed by atoms with Gasteiger partial charge < -0.3 is 0 Å². The van der Waals surface area contributed by atoms with Crippen LogP contribution in [0.1, 0.15) is 67.2 Å². The van der Waals surface area contributed by atoms with Crippen LogP contribution in [0.2, 0.25) is 0 Å². The Morgan fingerprint density at radius 2 is 1.00 bits per heavy atom. The van der Waals surface area contributed by atoms with E-state index < -0.39 is 0 Å². The summed E-state index contributed by atoms with van der Waals surface area (Å²) in [6.07, 6.45) is 3.45. The van der Waals surface area contributed by atoms with Gasteiger partial charge in [0.05, 0.1) is 0 Å². The van der Waals surface area contributed by atoms with Gasteiger partial charge >= 0.3 is 0 Å². The van der Waals surface area contributed by atoms with Crippen molar-refractivity contribution in [2.24, 2.45) is 33.5 Å². The van der Waals surface area contributed by atoms with E-state index in [0.717, 1.165) is 12.8 Å². The number of fused-ring (bicyclic) bond motifs is 4. The molecule has 0 heterocycles. The Morgan fingerprint density at radius 1 is 0.700 bits per heavy atom. The number of carbonyl (C=O) groups is 2. The average molecular weight is 276 g/mol. The van der Waals surface area contributed by atoms with E-state index in [0.29, 0.717) is 24.4 Å². The molecule has 112 valence electrons. The summed E-state index contributed by atoms with van der Waals surface area (Å²) in [5, 5.41) is 0. The van der Waals surface area contributed by atoms with Gasteiger partial charge in [0.15, 0.2) is 0 Å². The molecule has 3 fully saturated rings. The van der Waals surface area contributed by atoms with Crippen molar-refractivity contribution >= 4 is 11.6 Å². The smallest absolute Gasteiger partial charge is 0.137 e. The highest BCUT2D eigenvalue weighted by Crippen LogP contribution is 2.75. The highest BCUT2D eigenvalue weighted by molar-refractivity contribution is 5.95. The first-order valence-corrected chi connectivity index (χ1v) is 7.97. The Balaban J connectivity index is 2.05. The molecule has 4 atom stereocenters. The quantitative estimate of drug-likeness (QED) is 0.669. The predicted molar refractivity (Wildman–Crippen MR) is 79.2 cm³/mol. The summed E-state index contributed by atoms with van der Waals surface area (Å²) in [6, 6.07) is 0. The minimum absolute atomic E-state index is 0.00382. The highest BCUT2D eigenvalue weighted by atomic mass is 16.1. The summed E-state index contributed by atoms with van der Waals surface area (Å²) in [6.45, 7) is 13.4. The van der Waals surface area contributed by atoms with E-state index in [1.54, 1.807) is 0 Å². The van der Waals surface area contributed by atoms with Crippen LogP contribution in [0.4, 0.5) is 0 Å². The second-order valence-corrected chi connectivity index (χ2v) is 9.76. The number of hydrogen-bond donors (Lipinski definition) is 0. The molecule has 0 amide bonds. The summed E-state index contributed by atoms with van der Waals surface area (Å²) >= 11 is 0. The van der Waals surface area contributed by atoms with E-state index in [9.17, 15) is 9.59 Å². The van der Waals surface area contributed by atoms with Crippen LogP contribution in [0.3, 0.4) is 0 Å². The van der Waals surface area contributed by atoms with Gasteiger partial charge in [-0.2, -0.15) is 0 Å². The summed E-state index contributed by atoms with van der Waals surface area (Å²) in [7, 11) is 0. The Hall–Kier alpha value is -0.660. The van der Waals surface area contributed by atoms with Crippen molar-refractivity contribution in [1.29, 1.82) is 0 Å². The van der Waals surface area contributed by atoms with Crippen molar-refractivity contribution in [3.8, 4) is 0 Å². The lowest BCUT2D eigenvalue weighted by Gasteiger charge is -2.73. The summed E-state index contributed by atoms with van der Waals surface area (Å²) in [5.74, 6) is 0.701. The minimum Gasteiger partial charge on any atom is -0.299 e. The minimum atomic E-state index is 0.00382. The molecule has 2 nitrogen and oxygen atoms in total. The number of hydrogen-bond acceptors (Lipinski definition) is 2. The standard InChI is InChI=1S/C18H28O2/c1-15(2)7-11(19)13-14-12(20)8-16(3,4)10-18(14,6)17(13,5)9-15/h13-14H,7-10H2,1-6H3/t13?,14?,17-,18-/m1/s1. The number of rotatable bonds is 0. The summed E-state index contributed by atoms with van der Waals surface area (Å²) in [5.41, 5.74) is 0.204. The molecule has 0 aromatic heterocycles. The van der Waals surface area contributed by atoms with Crippen LogP contribution in [0.15, 0.2) is 0 Å². The molecule has 0 spiro atoms. The Labute approximate surface area is 122 Å². The third-order valence-corrected chi connectivity index (χ3v) is 6.70. The second-order valence-electron chi connectivity index (χ2n) is 9.76. The molecule has 0 N–H and O–H groups in total. The molecule has 0 saturated heterocycles. The SMILES string of the molecule is CC1(C)CC(=O)C2C3C(=O)CC(C)(C)C[C@@]3(C)[C@]2(C)C1. The maximum Gasteiger partial charge on any atom is 0.137 e. The Morgan fingerprint density at radius 3 is 1.30 bits per heavy atom. The lowest BCUT2D eigenvalue weighted by atomic mass is 9.29. The number of ketones is 2. The van der Waals surface area contributed by atoms with Crippen LogP contribution >= 0.6 is 0 Å². The van der Waals surface area contributed by atoms with Gasteiger partial charge in [-0.15, -0.1) is 0 Å². The fourth-order valence-electron chi connectivity index (χ4n) is 6.33. The zero-order valence-corrected chi connectivity index (χ0v) is 13.8. The first kappa shape index (κ1) is 14.3. The molecule has 3 aliphatic carbocycles. The molecule has 3 aliphatic rings. The second kappa shape index (κ2) is 3.56. The van der Waals surface area contributed by atoms with Crippen molar-refractivity contribution in [3.05, 3.63) is 0 Å². The van der Waals surface area contributed by atoms with Crippen LogP contribution < -0.4 is 0 Å². The van der Waals surface area contributed by atoms with Crippen molar-refractivity contribution in [1.82, 2.24) is 0 Å². The van der Waals surface area contributed by atoms with Crippen LogP contribution in [0, 0.1) is 33.5 Å². The number of carbonyl (C=O) groups excluding carboxylic acids is 2. The van der Waals surface area contributed by atoms with Gasteiger partial charge in [0.2, 0.25) is 0 Å². The molecular formula is C18H28O2. The number of Topliss-reactive ketones (excluding diaryl/α,β-unsaturated/α-hetero) is 2. The van der Waals surface area contributed by atoms with Gasteiger partial charge in [-0.3, -0.25) is 9.59 Å². The van der Waals surface area contributed by atoms with Gasteiger partial charge in [-0.05, 0) is 34.5 Å². The van der Waals surface area contributed by atoms with Crippen molar-refractivity contribution in [2.75, 3.05) is 0 Å². The van der Waals surface area contributed by atoms with Crippen molar-refractivity contribution in [2.45, 2.75) is 67.2 Å². The molecular weight excluding hydrogens is 248 g/mol. The van der Waals surface area contributed by atoms with Crippen LogP contribution in [0.5, 0.6) is 0 Å². The fourth-order valence-corrected chi connectivity index (χ4v) is 6.33. The maximum atomic E-state index is 12.6. The molecule has 3 rings (SSSR count). The first-order valence-electron chi connectivity index (χ1n) is 7.97. The third-order valence-electron chi connectivity index (χ3n) is 6.70. The molecule has 2 unspecified atom stereocenters. The normalized spacial score (nSPS) is 49.1. The predicted octanol–water partition coefficient (Wildman–Crippen LogP) is 4.02. The molecule has 0 aliphatic heterocycles. The topological polar surface area (TPSA) is 34.1 Å². The summed E-state index contributed by atoms with van der Waals surface area (Å²) in [4.78, 5) is 25.3. The van der Waals surface area contributed by atoms with E-state index in [-0.39, 0.29) is 33.5 Å². The van der Waals surface area contributed by atoms with E-state index in [2.05, 4.69) is 41.5 Å². The van der Waals surface area contributed by atoms with E-state index >= 15 is 0 Å². The van der Waals surface area contributed by atoms with E-state index in [1.165, 1.54) is 0 Å². The van der Waals surface area contributed by atoms with Crippen LogP contribution in [0.25, 0.3) is 0 Å². The van der Waals surface area contributed by atoms with Gasteiger partial charge in [-0.1, -0.05) is 41.5 Å². The van der Waals surface area contributed by atoms with E-state index in [1.807, 2.05) is 0 Å². The monoisotopic (exact) mass is 276 g/mol. The zero-order valence-electron chi connectivity index (χ0n) is 13.8. The van der Waals surface area contributed by atoms with Gasteiger partial charge in [-0.25, -0.2) is 0 Å².